The minimum atomic E-state index is -1.27. The maximum Gasteiger partial charge on any atom is 0.330 e. The smallest absolute Gasteiger partial charge is 0.330 e. The summed E-state index contributed by atoms with van der Waals surface area (Å²) in [4.78, 5) is 23.8. The number of carbonyl (C=O) groups is 2. The van der Waals surface area contributed by atoms with Crippen LogP contribution in [0.1, 0.15) is 22.1 Å². The van der Waals surface area contributed by atoms with Gasteiger partial charge in [-0.05, 0) is 48.0 Å². The Morgan fingerprint density at radius 3 is 2.12 bits per heavy atom. The third-order valence-electron chi connectivity index (χ3n) is 3.73. The maximum atomic E-state index is 12.4. The van der Waals surface area contributed by atoms with Crippen LogP contribution >= 0.6 is 0 Å². The van der Waals surface area contributed by atoms with Gasteiger partial charge in [0, 0.05) is 5.56 Å². The number of nitrogens with one attached hydrogen (secondary N) is 2. The van der Waals surface area contributed by atoms with Crippen LogP contribution < -0.4 is 5.32 Å². The molecular weight excluding hydrogens is 338 g/mol. The Kier molecular flexibility index (Phi) is 4.57. The second kappa shape index (κ2) is 6.98. The number of carbonyl (C=O) groups excluding carboxylic acids is 1. The van der Waals surface area contributed by atoms with E-state index in [0.717, 1.165) is 0 Å². The third-order valence-corrected chi connectivity index (χ3v) is 3.73. The first-order valence-corrected chi connectivity index (χ1v) is 7.61. The van der Waals surface area contributed by atoms with E-state index in [1.165, 1.54) is 42.5 Å². The van der Waals surface area contributed by atoms with Gasteiger partial charge >= 0.3 is 5.97 Å². The monoisotopic (exact) mass is 353 g/mol. The Morgan fingerprint density at radius 1 is 0.962 bits per heavy atom. The van der Waals surface area contributed by atoms with Gasteiger partial charge in [0.25, 0.3) is 5.91 Å². The molecule has 2 aromatic carbocycles. The Bertz CT molecular complexity index is 932. The lowest BCUT2D eigenvalue weighted by Crippen LogP contribution is -2.33. The van der Waals surface area contributed by atoms with Crippen molar-refractivity contribution in [1.29, 1.82) is 0 Å². The highest BCUT2D eigenvalue weighted by atomic mass is 16.4. The summed E-state index contributed by atoms with van der Waals surface area (Å²) in [5, 5.41) is 37.0. The molecule has 8 nitrogen and oxygen atoms in total. The van der Waals surface area contributed by atoms with Crippen LogP contribution in [0.3, 0.4) is 0 Å². The lowest BCUT2D eigenvalue weighted by atomic mass is 10.1. The summed E-state index contributed by atoms with van der Waals surface area (Å²) in [5.74, 6) is -1.76. The molecule has 3 rings (SSSR count). The highest BCUT2D eigenvalue weighted by molar-refractivity contribution is 5.96. The second-order valence-corrected chi connectivity index (χ2v) is 5.55. The SMILES string of the molecule is O=C(NC(C(=O)O)c1ccc(O)cc1)c1cc(-c2ccc(O)cc2)n[nH]1. The zero-order valence-electron chi connectivity index (χ0n) is 13.4. The number of H-pyrrole nitrogens is 1. The van der Waals surface area contributed by atoms with Crippen LogP contribution in [0, 0.1) is 0 Å². The summed E-state index contributed by atoms with van der Waals surface area (Å²) < 4.78 is 0. The van der Waals surface area contributed by atoms with Crippen molar-refractivity contribution in [3.8, 4) is 22.8 Å². The summed E-state index contributed by atoms with van der Waals surface area (Å²) >= 11 is 0. The molecule has 1 atom stereocenters. The lowest BCUT2D eigenvalue weighted by molar-refractivity contribution is -0.139. The molecule has 3 aromatic rings. The van der Waals surface area contributed by atoms with Crippen LogP contribution in [-0.2, 0) is 4.79 Å². The van der Waals surface area contributed by atoms with E-state index >= 15 is 0 Å². The topological polar surface area (TPSA) is 136 Å². The summed E-state index contributed by atoms with van der Waals surface area (Å²) in [6.07, 6.45) is 0. The number of aliphatic carboxylic acids is 1. The van der Waals surface area contributed by atoms with Crippen molar-refractivity contribution < 1.29 is 24.9 Å². The quantitative estimate of drug-likeness (QED) is 0.476. The first-order chi connectivity index (χ1) is 12.4. The largest absolute Gasteiger partial charge is 0.508 e. The Labute approximate surface area is 147 Å². The molecule has 0 saturated carbocycles. The molecule has 0 aliphatic heterocycles. The van der Waals surface area contributed by atoms with E-state index in [2.05, 4.69) is 15.5 Å². The first-order valence-electron chi connectivity index (χ1n) is 7.61. The van der Waals surface area contributed by atoms with Gasteiger partial charge in [0.05, 0.1) is 5.69 Å². The highest BCUT2D eigenvalue weighted by Crippen LogP contribution is 2.21. The third kappa shape index (κ3) is 3.64. The van der Waals surface area contributed by atoms with E-state index < -0.39 is 17.9 Å². The Hall–Kier alpha value is -3.81. The molecule has 1 unspecified atom stereocenters. The van der Waals surface area contributed by atoms with Crippen molar-refractivity contribution in [1.82, 2.24) is 15.5 Å². The standard InChI is InChI=1S/C18H15N3O5/c22-12-5-1-10(2-6-12)14-9-15(21-20-14)17(24)19-16(18(25)26)11-3-7-13(23)8-4-11/h1-9,16,22-23H,(H,19,24)(H,20,21)(H,25,26). The predicted octanol–water partition coefficient (Wildman–Crippen LogP) is 2.04. The lowest BCUT2D eigenvalue weighted by Gasteiger charge is -2.14. The number of phenolic OH excluding ortho intramolecular Hbond substituents is 2. The van der Waals surface area contributed by atoms with Gasteiger partial charge in [-0.3, -0.25) is 9.89 Å². The number of benzene rings is 2. The number of carboxylic acid groups (broad SMARTS) is 1. The number of amides is 1. The summed E-state index contributed by atoms with van der Waals surface area (Å²) in [6, 6.07) is 12.0. The van der Waals surface area contributed by atoms with Crippen LogP contribution in [0.2, 0.25) is 0 Å². The van der Waals surface area contributed by atoms with Gasteiger partial charge in [0.15, 0.2) is 6.04 Å². The summed E-state index contributed by atoms with van der Waals surface area (Å²) in [5.41, 5.74) is 1.58. The second-order valence-electron chi connectivity index (χ2n) is 5.55. The highest BCUT2D eigenvalue weighted by Gasteiger charge is 2.23. The van der Waals surface area contributed by atoms with E-state index in [1.54, 1.807) is 12.1 Å². The van der Waals surface area contributed by atoms with E-state index in [0.29, 0.717) is 16.8 Å². The Morgan fingerprint density at radius 2 is 1.54 bits per heavy atom. The number of carboxylic acids is 1. The maximum absolute atomic E-state index is 12.4. The normalized spacial score (nSPS) is 11.7. The average molecular weight is 353 g/mol. The predicted molar refractivity (Wildman–Crippen MR) is 91.6 cm³/mol. The van der Waals surface area contributed by atoms with Gasteiger partial charge in [-0.25, -0.2) is 4.79 Å². The molecule has 132 valence electrons. The van der Waals surface area contributed by atoms with Crippen molar-refractivity contribution in [3.63, 3.8) is 0 Å². The molecule has 0 fully saturated rings. The fourth-order valence-corrected chi connectivity index (χ4v) is 2.38. The van der Waals surface area contributed by atoms with Gasteiger partial charge in [0.2, 0.25) is 0 Å². The molecule has 0 aliphatic rings. The number of aromatic nitrogens is 2. The number of hydrogen-bond donors (Lipinski definition) is 5. The molecule has 0 bridgehead atoms. The zero-order chi connectivity index (χ0) is 18.7. The van der Waals surface area contributed by atoms with E-state index in [9.17, 15) is 24.9 Å². The number of aromatic amines is 1. The van der Waals surface area contributed by atoms with Gasteiger partial charge in [-0.1, -0.05) is 12.1 Å². The number of hydrogen-bond acceptors (Lipinski definition) is 5. The summed E-state index contributed by atoms with van der Waals surface area (Å²) in [7, 11) is 0. The van der Waals surface area contributed by atoms with Crippen molar-refractivity contribution >= 4 is 11.9 Å². The molecule has 0 saturated heterocycles. The molecule has 0 aliphatic carbocycles. The number of aromatic hydroxyl groups is 2. The van der Waals surface area contributed by atoms with Crippen molar-refractivity contribution in [2.75, 3.05) is 0 Å². The van der Waals surface area contributed by atoms with Gasteiger partial charge in [0.1, 0.15) is 17.2 Å². The van der Waals surface area contributed by atoms with Crippen molar-refractivity contribution in [3.05, 3.63) is 65.9 Å². The summed E-state index contributed by atoms with van der Waals surface area (Å²) in [6.45, 7) is 0. The Balaban J connectivity index is 1.79. The van der Waals surface area contributed by atoms with Crippen LogP contribution in [0.4, 0.5) is 0 Å². The average Bonchev–Trinajstić information content (AvgIpc) is 3.11. The minimum absolute atomic E-state index is 0.00340. The van der Waals surface area contributed by atoms with Gasteiger partial charge in [-0.15, -0.1) is 0 Å². The van der Waals surface area contributed by atoms with Crippen LogP contribution in [0.5, 0.6) is 11.5 Å². The van der Waals surface area contributed by atoms with E-state index in [4.69, 9.17) is 0 Å². The number of nitrogens with zero attached hydrogens (tertiary/aromatic N) is 1. The molecular formula is C18H15N3O5. The molecule has 26 heavy (non-hydrogen) atoms. The van der Waals surface area contributed by atoms with Crippen molar-refractivity contribution in [2.45, 2.75) is 6.04 Å². The van der Waals surface area contributed by atoms with Crippen molar-refractivity contribution in [2.24, 2.45) is 0 Å². The minimum Gasteiger partial charge on any atom is -0.508 e. The number of rotatable bonds is 5. The molecule has 1 aromatic heterocycles. The van der Waals surface area contributed by atoms with Crippen LogP contribution in [-0.4, -0.2) is 37.4 Å². The van der Waals surface area contributed by atoms with Gasteiger partial charge < -0.3 is 20.6 Å². The first kappa shape index (κ1) is 17.0. The van der Waals surface area contributed by atoms with Crippen LogP contribution in [0.15, 0.2) is 54.6 Å². The molecule has 0 radical (unpaired) electrons. The fourth-order valence-electron chi connectivity index (χ4n) is 2.38. The molecule has 5 N–H and O–H groups in total. The molecule has 8 heteroatoms. The van der Waals surface area contributed by atoms with E-state index in [1.807, 2.05) is 0 Å². The molecule has 1 amide bonds. The van der Waals surface area contributed by atoms with Crippen LogP contribution in [0.25, 0.3) is 11.3 Å². The molecule has 0 spiro atoms. The number of phenols is 2. The van der Waals surface area contributed by atoms with Gasteiger partial charge in [-0.2, -0.15) is 5.10 Å². The molecule has 1 heterocycles. The van der Waals surface area contributed by atoms with E-state index in [-0.39, 0.29) is 17.2 Å². The fraction of sp³-hybridized carbons (Fsp3) is 0.0556. The zero-order valence-corrected chi connectivity index (χ0v) is 13.4.